The standard InChI is InChI=1S/C23H26BrN3O5/c1-30-19-2-4-20(5-3-19)31-15-21-14-27(23(29)32-21)18-6-8-26(9-7-18)22(28)11-16-10-17(24)13-25-12-16/h2-5,10,12-13,18,21H,6-9,11,14-15H2,1H3. The van der Waals surface area contributed by atoms with Crippen molar-refractivity contribution in [2.24, 2.45) is 0 Å². The van der Waals surface area contributed by atoms with Gasteiger partial charge in [0.2, 0.25) is 5.91 Å². The van der Waals surface area contributed by atoms with E-state index in [4.69, 9.17) is 14.2 Å². The lowest BCUT2D eigenvalue weighted by atomic mass is 10.0. The second-order valence-electron chi connectivity index (χ2n) is 7.94. The van der Waals surface area contributed by atoms with Gasteiger partial charge in [-0.15, -0.1) is 0 Å². The monoisotopic (exact) mass is 503 g/mol. The Morgan fingerprint density at radius 2 is 1.91 bits per heavy atom. The number of ether oxygens (including phenoxy) is 3. The number of halogens is 1. The Morgan fingerprint density at radius 1 is 1.19 bits per heavy atom. The molecule has 4 rings (SSSR count). The van der Waals surface area contributed by atoms with Crippen LogP contribution in [-0.4, -0.2) is 72.3 Å². The molecule has 2 aliphatic rings. The van der Waals surface area contributed by atoms with E-state index in [1.54, 1.807) is 24.4 Å². The largest absolute Gasteiger partial charge is 0.497 e. The fourth-order valence-corrected chi connectivity index (χ4v) is 4.47. The summed E-state index contributed by atoms with van der Waals surface area (Å²) in [6.45, 7) is 2.05. The summed E-state index contributed by atoms with van der Waals surface area (Å²) in [6, 6.07) is 9.28. The smallest absolute Gasteiger partial charge is 0.410 e. The number of carbonyl (C=O) groups excluding carboxylic acids is 2. The highest BCUT2D eigenvalue weighted by atomic mass is 79.9. The number of cyclic esters (lactones) is 1. The number of aromatic nitrogens is 1. The van der Waals surface area contributed by atoms with Crippen LogP contribution in [0.15, 0.2) is 47.2 Å². The van der Waals surface area contributed by atoms with E-state index in [0.717, 1.165) is 28.6 Å². The first-order chi connectivity index (χ1) is 15.5. The van der Waals surface area contributed by atoms with Crippen LogP contribution in [0.1, 0.15) is 18.4 Å². The highest BCUT2D eigenvalue weighted by Crippen LogP contribution is 2.24. The number of likely N-dealkylation sites (tertiary alicyclic amines) is 1. The first-order valence-electron chi connectivity index (χ1n) is 10.6. The van der Waals surface area contributed by atoms with Gasteiger partial charge in [0.1, 0.15) is 18.1 Å². The van der Waals surface area contributed by atoms with Crippen LogP contribution in [-0.2, 0) is 16.0 Å². The van der Waals surface area contributed by atoms with E-state index < -0.39 is 0 Å². The maximum atomic E-state index is 12.6. The summed E-state index contributed by atoms with van der Waals surface area (Å²) < 4.78 is 17.3. The molecule has 0 N–H and O–H groups in total. The summed E-state index contributed by atoms with van der Waals surface area (Å²) in [4.78, 5) is 32.8. The molecule has 3 heterocycles. The van der Waals surface area contributed by atoms with Gasteiger partial charge in [-0.2, -0.15) is 0 Å². The van der Waals surface area contributed by atoms with Crippen molar-refractivity contribution in [1.82, 2.24) is 14.8 Å². The Morgan fingerprint density at radius 3 is 2.59 bits per heavy atom. The van der Waals surface area contributed by atoms with Crippen molar-refractivity contribution < 1.29 is 23.8 Å². The lowest BCUT2D eigenvalue weighted by Gasteiger charge is -2.35. The molecule has 170 valence electrons. The fraction of sp³-hybridized carbons (Fsp3) is 0.435. The van der Waals surface area contributed by atoms with Crippen LogP contribution in [0.4, 0.5) is 4.79 Å². The molecule has 0 bridgehead atoms. The van der Waals surface area contributed by atoms with Crippen LogP contribution >= 0.6 is 15.9 Å². The number of pyridine rings is 1. The quantitative estimate of drug-likeness (QED) is 0.576. The fourth-order valence-electron chi connectivity index (χ4n) is 4.05. The van der Waals surface area contributed by atoms with Gasteiger partial charge in [0.15, 0.2) is 6.10 Å². The first kappa shape index (κ1) is 22.4. The van der Waals surface area contributed by atoms with Gasteiger partial charge in [0, 0.05) is 36.0 Å². The maximum absolute atomic E-state index is 12.6. The molecule has 2 amide bonds. The third-order valence-electron chi connectivity index (χ3n) is 5.77. The highest BCUT2D eigenvalue weighted by molar-refractivity contribution is 9.10. The van der Waals surface area contributed by atoms with Gasteiger partial charge in [-0.1, -0.05) is 0 Å². The molecule has 8 nitrogen and oxygen atoms in total. The van der Waals surface area contributed by atoms with Gasteiger partial charge < -0.3 is 24.0 Å². The van der Waals surface area contributed by atoms with Crippen LogP contribution in [0.2, 0.25) is 0 Å². The molecule has 0 radical (unpaired) electrons. The van der Waals surface area contributed by atoms with Crippen LogP contribution in [0, 0.1) is 0 Å². The van der Waals surface area contributed by atoms with E-state index in [-0.39, 0.29) is 24.1 Å². The topological polar surface area (TPSA) is 81.2 Å². The second kappa shape index (κ2) is 10.2. The molecule has 1 aromatic heterocycles. The Kier molecular flexibility index (Phi) is 7.14. The predicted molar refractivity (Wildman–Crippen MR) is 121 cm³/mol. The highest BCUT2D eigenvalue weighted by Gasteiger charge is 2.38. The number of methoxy groups -OCH3 is 1. The van der Waals surface area contributed by atoms with Crippen molar-refractivity contribution in [1.29, 1.82) is 0 Å². The number of piperidine rings is 1. The third kappa shape index (κ3) is 5.51. The molecule has 0 spiro atoms. The van der Waals surface area contributed by atoms with Gasteiger partial charge in [0.25, 0.3) is 0 Å². The van der Waals surface area contributed by atoms with Crippen LogP contribution in [0.25, 0.3) is 0 Å². The molecule has 2 aromatic rings. The molecule has 0 saturated carbocycles. The SMILES string of the molecule is COc1ccc(OCC2CN(C3CCN(C(=O)Cc4cncc(Br)c4)CC3)C(=O)O2)cc1. The summed E-state index contributed by atoms with van der Waals surface area (Å²) >= 11 is 3.38. The summed E-state index contributed by atoms with van der Waals surface area (Å²) in [5.41, 5.74) is 0.884. The number of hydrogen-bond acceptors (Lipinski definition) is 6. The minimum atomic E-state index is -0.312. The van der Waals surface area contributed by atoms with Crippen molar-refractivity contribution in [3.05, 3.63) is 52.8 Å². The number of rotatable bonds is 7. The van der Waals surface area contributed by atoms with Crippen molar-refractivity contribution in [3.8, 4) is 11.5 Å². The molecule has 2 saturated heterocycles. The van der Waals surface area contributed by atoms with Gasteiger partial charge in [-0.25, -0.2) is 4.79 Å². The Labute approximate surface area is 195 Å². The summed E-state index contributed by atoms with van der Waals surface area (Å²) in [5, 5.41) is 0. The first-order valence-corrected chi connectivity index (χ1v) is 11.4. The van der Waals surface area contributed by atoms with Crippen molar-refractivity contribution >= 4 is 27.9 Å². The minimum Gasteiger partial charge on any atom is -0.497 e. The lowest BCUT2D eigenvalue weighted by molar-refractivity contribution is -0.131. The van der Waals surface area contributed by atoms with E-state index >= 15 is 0 Å². The van der Waals surface area contributed by atoms with Gasteiger partial charge in [0.05, 0.1) is 20.1 Å². The molecule has 32 heavy (non-hydrogen) atoms. The molecule has 1 atom stereocenters. The van der Waals surface area contributed by atoms with Crippen LogP contribution in [0.5, 0.6) is 11.5 Å². The maximum Gasteiger partial charge on any atom is 0.410 e. The van der Waals surface area contributed by atoms with Crippen molar-refractivity contribution in [3.63, 3.8) is 0 Å². The average molecular weight is 504 g/mol. The molecule has 9 heteroatoms. The number of amides is 2. The van der Waals surface area contributed by atoms with Gasteiger partial charge >= 0.3 is 6.09 Å². The zero-order valence-electron chi connectivity index (χ0n) is 17.9. The molecular formula is C23H26BrN3O5. The average Bonchev–Trinajstić information content (AvgIpc) is 3.18. The van der Waals surface area contributed by atoms with Crippen LogP contribution in [0.3, 0.4) is 0 Å². The zero-order valence-corrected chi connectivity index (χ0v) is 19.5. The summed E-state index contributed by atoms with van der Waals surface area (Å²) in [6.07, 6.45) is 4.60. The second-order valence-corrected chi connectivity index (χ2v) is 8.86. The molecule has 1 unspecified atom stereocenters. The Bertz CT molecular complexity index is 947. The van der Waals surface area contributed by atoms with Crippen molar-refractivity contribution in [2.45, 2.75) is 31.4 Å². The zero-order chi connectivity index (χ0) is 22.5. The molecule has 2 aliphatic heterocycles. The number of carbonyl (C=O) groups is 2. The minimum absolute atomic E-state index is 0.0741. The van der Waals surface area contributed by atoms with Crippen molar-refractivity contribution in [2.75, 3.05) is 33.4 Å². The Balaban J connectivity index is 1.23. The predicted octanol–water partition coefficient (Wildman–Crippen LogP) is 3.29. The molecule has 2 fully saturated rings. The lowest BCUT2D eigenvalue weighted by Crippen LogP contribution is -2.47. The van der Waals surface area contributed by atoms with Crippen LogP contribution < -0.4 is 9.47 Å². The normalized spacial score (nSPS) is 19.1. The number of hydrogen-bond donors (Lipinski definition) is 0. The van der Waals surface area contributed by atoms with Gasteiger partial charge in [-0.05, 0) is 64.7 Å². The Hall–Kier alpha value is -2.81. The van der Waals surface area contributed by atoms with E-state index in [2.05, 4.69) is 20.9 Å². The summed E-state index contributed by atoms with van der Waals surface area (Å²) in [5.74, 6) is 1.54. The number of nitrogens with zero attached hydrogens (tertiary/aromatic N) is 3. The number of benzene rings is 1. The summed E-state index contributed by atoms with van der Waals surface area (Å²) in [7, 11) is 1.61. The van der Waals surface area contributed by atoms with E-state index in [1.165, 1.54) is 0 Å². The molecule has 0 aliphatic carbocycles. The van der Waals surface area contributed by atoms with E-state index in [1.807, 2.05) is 35.2 Å². The third-order valence-corrected chi connectivity index (χ3v) is 6.21. The molecule has 1 aromatic carbocycles. The van der Waals surface area contributed by atoms with E-state index in [0.29, 0.717) is 38.4 Å². The van der Waals surface area contributed by atoms with Gasteiger partial charge in [-0.3, -0.25) is 9.78 Å². The molecular weight excluding hydrogens is 478 g/mol. The van der Waals surface area contributed by atoms with E-state index in [9.17, 15) is 9.59 Å².